The topological polar surface area (TPSA) is 0 Å². The van der Waals surface area contributed by atoms with Crippen molar-refractivity contribution in [3.8, 4) is 0 Å². The summed E-state index contributed by atoms with van der Waals surface area (Å²) in [7, 11) is 0. The molecule has 0 aliphatic carbocycles. The minimum Gasteiger partial charge on any atom is -0.358 e. The molecule has 0 spiro atoms. The van der Waals surface area contributed by atoms with Gasteiger partial charge < -0.3 is 7.43 Å². The molecule has 0 N–H and O–H groups in total. The van der Waals surface area contributed by atoms with Crippen molar-refractivity contribution in [3.63, 3.8) is 0 Å². The normalized spacial score (nSPS) is 5.71. The van der Waals surface area contributed by atoms with E-state index in [1.54, 1.807) is 0 Å². The first-order valence-electron chi connectivity index (χ1n) is 1.67. The predicted octanol–water partition coefficient (Wildman–Crippen LogP) is 1.85. The molecule has 0 fully saturated rings. The van der Waals surface area contributed by atoms with Crippen LogP contribution in [0.1, 0.15) is 0 Å². The minimum absolute atomic E-state index is 0. The largest absolute Gasteiger partial charge is 2.00 e. The zero-order chi connectivity index (χ0) is 3.54. The zero-order valence-electron chi connectivity index (χ0n) is 4.26. The smallest absolute Gasteiger partial charge is 0.358 e. The molecule has 0 nitrogen and oxygen atoms in total. The van der Waals surface area contributed by atoms with Gasteiger partial charge in [-0.2, -0.15) is 18.2 Å². The van der Waals surface area contributed by atoms with Gasteiger partial charge in [0.15, 0.2) is 0 Å². The van der Waals surface area contributed by atoms with Crippen molar-refractivity contribution in [1.29, 1.82) is 0 Å². The van der Waals surface area contributed by atoms with E-state index in [0.29, 0.717) is 0 Å². The molecule has 1 heteroatoms. The maximum atomic E-state index is 2.00. The number of hydrogen-bond acceptors (Lipinski definition) is 0. The van der Waals surface area contributed by atoms with Crippen LogP contribution in [0.25, 0.3) is 0 Å². The first-order chi connectivity index (χ1) is 2.50. The van der Waals surface area contributed by atoms with Crippen molar-refractivity contribution in [3.05, 3.63) is 37.8 Å². The Kier molecular flexibility index (Phi) is 8.37. The molecule has 0 saturated carbocycles. The maximum absolute atomic E-state index is 2.00. The van der Waals surface area contributed by atoms with E-state index in [9.17, 15) is 0 Å². The van der Waals surface area contributed by atoms with Gasteiger partial charge in [0.05, 0.1) is 0 Å². The quantitative estimate of drug-likeness (QED) is 0.376. The zero-order valence-corrected chi connectivity index (χ0v) is 5.45. The second kappa shape index (κ2) is 5.87. The minimum atomic E-state index is 0. The van der Waals surface area contributed by atoms with Crippen molar-refractivity contribution < 1.29 is 17.1 Å². The molecule has 1 radical (unpaired) electrons. The average molecular weight is 135 g/mol. The summed E-state index contributed by atoms with van der Waals surface area (Å²) in [5.41, 5.74) is 0. The Labute approximate surface area is 55.4 Å². The van der Waals surface area contributed by atoms with E-state index in [0.717, 1.165) is 0 Å². The fourth-order valence-electron chi connectivity index (χ4n) is 0.321. The summed E-state index contributed by atoms with van der Waals surface area (Å²) in [4.78, 5) is 0. The van der Waals surface area contributed by atoms with Gasteiger partial charge in [-0.25, -0.2) is 12.1 Å². The van der Waals surface area contributed by atoms with Crippen LogP contribution in [-0.2, 0) is 17.1 Å². The van der Waals surface area contributed by atoms with Crippen molar-refractivity contribution in [2.45, 2.75) is 0 Å². The van der Waals surface area contributed by atoms with Crippen LogP contribution in [0.2, 0.25) is 0 Å². The molecule has 7 heavy (non-hydrogen) atoms. The van der Waals surface area contributed by atoms with Crippen LogP contribution in [0.4, 0.5) is 0 Å². The van der Waals surface area contributed by atoms with Crippen LogP contribution >= 0.6 is 0 Å². The summed E-state index contributed by atoms with van der Waals surface area (Å²) in [6.07, 6.45) is 0. The second-order valence-electron chi connectivity index (χ2n) is 0.962. The Morgan fingerprint density at radius 3 is 1.57 bits per heavy atom. The molecule has 39 valence electrons. The molecule has 0 aromatic heterocycles. The van der Waals surface area contributed by atoms with Crippen LogP contribution in [0.3, 0.4) is 0 Å². The Morgan fingerprint density at radius 2 is 1.43 bits per heavy atom. The van der Waals surface area contributed by atoms with E-state index in [-0.39, 0.29) is 24.5 Å². The maximum Gasteiger partial charge on any atom is 2.00 e. The van der Waals surface area contributed by atoms with Crippen molar-refractivity contribution in [2.75, 3.05) is 0 Å². The summed E-state index contributed by atoms with van der Waals surface area (Å²) in [6.45, 7) is 0. The summed E-state index contributed by atoms with van der Waals surface area (Å²) in [6, 6.07) is 10.0. The molecule has 0 aliphatic heterocycles. The fourth-order valence-corrected chi connectivity index (χ4v) is 0.321. The summed E-state index contributed by atoms with van der Waals surface area (Å²) >= 11 is 0. The Morgan fingerprint density at radius 1 is 1.00 bits per heavy atom. The van der Waals surface area contributed by atoms with Gasteiger partial charge in [-0.05, 0) is 0 Å². The van der Waals surface area contributed by atoms with Gasteiger partial charge in [0.2, 0.25) is 0 Å². The standard InChI is InChI=1S/C5H5.CH3.Mn/c1-2-4-5-3-1;;/h1-5H;1H3;/q2*-1;+2. The third-order valence-corrected chi connectivity index (χ3v) is 0.556. The third kappa shape index (κ3) is 3.71. The summed E-state index contributed by atoms with van der Waals surface area (Å²) in [5.74, 6) is 0. The van der Waals surface area contributed by atoms with Crippen molar-refractivity contribution in [1.82, 2.24) is 0 Å². The van der Waals surface area contributed by atoms with Crippen LogP contribution < -0.4 is 0 Å². The molecule has 0 bridgehead atoms. The molecule has 1 aromatic rings. The molecule has 0 unspecified atom stereocenters. The molecule has 0 atom stereocenters. The van der Waals surface area contributed by atoms with Crippen molar-refractivity contribution >= 4 is 0 Å². The number of hydrogen-bond donors (Lipinski definition) is 0. The van der Waals surface area contributed by atoms with Gasteiger partial charge in [-0.1, -0.05) is 0 Å². The molecule has 0 saturated heterocycles. The van der Waals surface area contributed by atoms with Gasteiger partial charge in [-0.15, -0.1) is 0 Å². The van der Waals surface area contributed by atoms with E-state index < -0.39 is 0 Å². The summed E-state index contributed by atoms with van der Waals surface area (Å²) < 4.78 is 0. The Hall–Kier alpha value is -0.131. The molecule has 1 aromatic carbocycles. The van der Waals surface area contributed by atoms with Crippen LogP contribution in [0.5, 0.6) is 0 Å². The van der Waals surface area contributed by atoms with Crippen molar-refractivity contribution in [2.24, 2.45) is 0 Å². The molecular weight excluding hydrogens is 127 g/mol. The van der Waals surface area contributed by atoms with Crippen LogP contribution in [0, 0.1) is 7.43 Å². The molecule has 0 amide bonds. The van der Waals surface area contributed by atoms with Crippen LogP contribution in [0.15, 0.2) is 30.3 Å². The van der Waals surface area contributed by atoms with Gasteiger partial charge >= 0.3 is 17.1 Å². The SMILES string of the molecule is [CH3-].[Mn+2].c1cc[cH-]c1. The first-order valence-corrected chi connectivity index (χ1v) is 1.67. The predicted molar refractivity (Wildman–Crippen MR) is 28.4 cm³/mol. The van der Waals surface area contributed by atoms with E-state index in [4.69, 9.17) is 0 Å². The summed E-state index contributed by atoms with van der Waals surface area (Å²) in [5, 5.41) is 0. The van der Waals surface area contributed by atoms with E-state index in [1.165, 1.54) is 0 Å². The van der Waals surface area contributed by atoms with Gasteiger partial charge in [-0.3, -0.25) is 0 Å². The second-order valence-corrected chi connectivity index (χ2v) is 0.962. The van der Waals surface area contributed by atoms with Gasteiger partial charge in [0.1, 0.15) is 0 Å². The van der Waals surface area contributed by atoms with Gasteiger partial charge in [0, 0.05) is 0 Å². The monoisotopic (exact) mass is 135 g/mol. The molecule has 1 rings (SSSR count). The fraction of sp³-hybridized carbons (Fsp3) is 0. The van der Waals surface area contributed by atoms with E-state index >= 15 is 0 Å². The molecule has 0 aliphatic rings. The Balaban J connectivity index is 0. The first kappa shape index (κ1) is 9.98. The van der Waals surface area contributed by atoms with Gasteiger partial charge in [0.25, 0.3) is 0 Å². The molecular formula is C6H8Mn. The van der Waals surface area contributed by atoms with Crippen LogP contribution in [-0.4, -0.2) is 0 Å². The van der Waals surface area contributed by atoms with E-state index in [2.05, 4.69) is 0 Å². The number of rotatable bonds is 0. The Bertz CT molecular complexity index is 60.7. The van der Waals surface area contributed by atoms with E-state index in [1.807, 2.05) is 30.3 Å². The third-order valence-electron chi connectivity index (χ3n) is 0.556. The molecule has 0 heterocycles. The average Bonchev–Trinajstić information content (AvgIpc) is 1.76.